The Bertz CT molecular complexity index is 1580. The molecular formula is C28H37N9O4. The van der Waals surface area contributed by atoms with Gasteiger partial charge in [-0.3, -0.25) is 19.5 Å². The molecule has 218 valence electrons. The van der Waals surface area contributed by atoms with Gasteiger partial charge in [0.05, 0.1) is 41.8 Å². The van der Waals surface area contributed by atoms with Crippen molar-refractivity contribution in [1.29, 1.82) is 0 Å². The maximum Gasteiger partial charge on any atom is 0.272 e. The third-order valence-electron chi connectivity index (χ3n) is 7.01. The zero-order chi connectivity index (χ0) is 29.3. The minimum absolute atomic E-state index is 0.252. The van der Waals surface area contributed by atoms with Crippen LogP contribution in [0.1, 0.15) is 55.1 Å². The number of aliphatic hydroxyl groups excluding tert-OH is 1. The first-order valence-electron chi connectivity index (χ1n) is 13.8. The van der Waals surface area contributed by atoms with E-state index in [-0.39, 0.29) is 17.7 Å². The summed E-state index contributed by atoms with van der Waals surface area (Å²) in [6.07, 6.45) is 4.72. The highest BCUT2D eigenvalue weighted by molar-refractivity contribution is 6.01. The molecule has 0 unspecified atom stereocenters. The molecule has 0 radical (unpaired) electrons. The van der Waals surface area contributed by atoms with Crippen LogP contribution < -0.4 is 14.8 Å². The highest BCUT2D eigenvalue weighted by Crippen LogP contribution is 2.36. The van der Waals surface area contributed by atoms with Gasteiger partial charge in [-0.2, -0.15) is 10.2 Å². The lowest BCUT2D eigenvalue weighted by molar-refractivity contribution is 0.0958. The highest BCUT2D eigenvalue weighted by Gasteiger charge is 2.28. The van der Waals surface area contributed by atoms with Crippen molar-refractivity contribution in [3.8, 4) is 22.9 Å². The number of aryl methyl sites for hydroxylation is 1. The van der Waals surface area contributed by atoms with E-state index in [1.165, 1.54) is 0 Å². The van der Waals surface area contributed by atoms with E-state index >= 15 is 0 Å². The van der Waals surface area contributed by atoms with Crippen molar-refractivity contribution in [3.63, 3.8) is 0 Å². The Hall–Kier alpha value is -4.23. The van der Waals surface area contributed by atoms with Crippen LogP contribution in [0.15, 0.2) is 12.3 Å². The quantitative estimate of drug-likeness (QED) is 0.322. The molecular weight excluding hydrogens is 526 g/mol. The Morgan fingerprint density at radius 1 is 1.32 bits per heavy atom. The van der Waals surface area contributed by atoms with Crippen LogP contribution in [0.4, 0.5) is 0 Å². The molecule has 5 heterocycles. The van der Waals surface area contributed by atoms with E-state index in [0.717, 1.165) is 28.9 Å². The predicted molar refractivity (Wildman–Crippen MR) is 155 cm³/mol. The summed E-state index contributed by atoms with van der Waals surface area (Å²) in [6, 6.07) is 1.94. The van der Waals surface area contributed by atoms with Gasteiger partial charge in [-0.1, -0.05) is 6.92 Å². The molecule has 0 saturated carbocycles. The van der Waals surface area contributed by atoms with Gasteiger partial charge in [-0.25, -0.2) is 9.67 Å². The number of aromatic nitrogens is 7. The van der Waals surface area contributed by atoms with Crippen molar-refractivity contribution in [2.75, 3.05) is 26.7 Å². The molecule has 0 aliphatic carbocycles. The van der Waals surface area contributed by atoms with E-state index in [1.54, 1.807) is 31.9 Å². The van der Waals surface area contributed by atoms with Crippen LogP contribution in [-0.4, -0.2) is 89.6 Å². The van der Waals surface area contributed by atoms with Crippen molar-refractivity contribution in [1.82, 2.24) is 45.0 Å². The summed E-state index contributed by atoms with van der Waals surface area (Å²) in [5.74, 6) is 0.655. The van der Waals surface area contributed by atoms with Crippen LogP contribution in [0.5, 0.6) is 11.8 Å². The first-order chi connectivity index (χ1) is 19.7. The molecule has 5 rings (SSSR count). The second kappa shape index (κ2) is 11.7. The predicted octanol–water partition coefficient (Wildman–Crippen LogP) is 2.47. The number of fused-ring (bicyclic) bond motifs is 4. The average Bonchev–Trinajstić information content (AvgIpc) is 3.59. The molecule has 0 aromatic carbocycles. The van der Waals surface area contributed by atoms with Gasteiger partial charge in [0.1, 0.15) is 6.10 Å². The van der Waals surface area contributed by atoms with Gasteiger partial charge in [0.25, 0.3) is 5.91 Å². The molecule has 0 spiro atoms. The Morgan fingerprint density at radius 2 is 2.12 bits per heavy atom. The number of pyridine rings is 1. The topological polar surface area (TPSA) is 148 Å². The van der Waals surface area contributed by atoms with Crippen LogP contribution in [0.25, 0.3) is 34.3 Å². The fourth-order valence-electron chi connectivity index (χ4n) is 5.10. The maximum absolute atomic E-state index is 12.9. The van der Waals surface area contributed by atoms with E-state index in [0.29, 0.717) is 54.8 Å². The maximum atomic E-state index is 12.9. The number of rotatable bonds is 6. The molecule has 1 aliphatic rings. The fraction of sp³-hybridized carbons (Fsp3) is 0.464. The minimum Gasteiger partial charge on any atom is -0.476 e. The third kappa shape index (κ3) is 5.55. The minimum atomic E-state index is -0.592. The van der Waals surface area contributed by atoms with E-state index < -0.39 is 6.10 Å². The SMILES string of the molecule is CCOc1nn(C[C@H](C)O)c2c1/C=C/c1[nH]nc3ncc(cc13)-c1c(C(=O)NC)nn(C)c1O[C@@H](C)CN(CC)C2. The van der Waals surface area contributed by atoms with Gasteiger partial charge >= 0.3 is 0 Å². The molecule has 0 fully saturated rings. The van der Waals surface area contributed by atoms with E-state index in [2.05, 4.69) is 37.4 Å². The van der Waals surface area contributed by atoms with Gasteiger partial charge < -0.3 is 19.9 Å². The number of nitrogens with one attached hydrogen (secondary N) is 2. The zero-order valence-electron chi connectivity index (χ0n) is 24.3. The summed E-state index contributed by atoms with van der Waals surface area (Å²) >= 11 is 0. The number of nitrogens with zero attached hydrogens (tertiary/aromatic N) is 7. The van der Waals surface area contributed by atoms with Crippen LogP contribution in [-0.2, 0) is 20.1 Å². The lowest BCUT2D eigenvalue weighted by Crippen LogP contribution is -2.35. The Morgan fingerprint density at radius 3 is 2.83 bits per heavy atom. The number of carbonyl (C=O) groups is 1. The van der Waals surface area contributed by atoms with Crippen LogP contribution in [0.3, 0.4) is 0 Å². The monoisotopic (exact) mass is 563 g/mol. The molecule has 41 heavy (non-hydrogen) atoms. The second-order valence-corrected chi connectivity index (χ2v) is 10.2. The fourth-order valence-corrected chi connectivity index (χ4v) is 5.10. The first kappa shape index (κ1) is 28.3. The van der Waals surface area contributed by atoms with Crippen LogP contribution in [0.2, 0.25) is 0 Å². The van der Waals surface area contributed by atoms with Crippen molar-refractivity contribution < 1.29 is 19.4 Å². The van der Waals surface area contributed by atoms with Gasteiger partial charge in [0, 0.05) is 44.3 Å². The normalized spacial score (nSPS) is 17.3. The van der Waals surface area contributed by atoms with Crippen LogP contribution in [0, 0.1) is 0 Å². The molecule has 13 nitrogen and oxygen atoms in total. The molecule has 13 heteroatoms. The molecule has 2 atom stereocenters. The molecule has 2 bridgehead atoms. The van der Waals surface area contributed by atoms with E-state index in [4.69, 9.17) is 14.6 Å². The Balaban J connectivity index is 1.73. The van der Waals surface area contributed by atoms with E-state index in [9.17, 15) is 9.90 Å². The average molecular weight is 564 g/mol. The smallest absolute Gasteiger partial charge is 0.272 e. The number of H-pyrrole nitrogens is 1. The summed E-state index contributed by atoms with van der Waals surface area (Å²) in [6.45, 7) is 10.4. The largest absolute Gasteiger partial charge is 0.476 e. The standard InChI is InChI=1S/C28H37N9O4/c1-7-36-14-17(4)41-28-23(24(26(39)29-5)33-35(28)6)18-11-20-21(31-32-25(20)30-12-18)10-9-19-22(15-36)37(13-16(3)38)34-27(19)40-8-2/h9-12,16-17,38H,7-8,13-15H2,1-6H3,(H,29,39)(H,30,31,32)/b10-9+/t16-,17-/m0/s1. The molecule has 4 aromatic rings. The molecule has 1 aliphatic heterocycles. The van der Waals surface area contributed by atoms with Crippen LogP contribution >= 0.6 is 0 Å². The third-order valence-corrected chi connectivity index (χ3v) is 7.01. The molecule has 3 N–H and O–H groups in total. The Labute approximate surface area is 238 Å². The summed E-state index contributed by atoms with van der Waals surface area (Å²) in [4.78, 5) is 19.7. The summed E-state index contributed by atoms with van der Waals surface area (Å²) in [5.41, 5.74) is 4.51. The van der Waals surface area contributed by atoms with E-state index in [1.807, 2.05) is 36.7 Å². The van der Waals surface area contributed by atoms with Gasteiger partial charge in [0.15, 0.2) is 11.3 Å². The van der Waals surface area contributed by atoms with Crippen molar-refractivity contribution in [2.24, 2.45) is 7.05 Å². The summed E-state index contributed by atoms with van der Waals surface area (Å²) in [5, 5.41) is 30.4. The van der Waals surface area contributed by atoms with Gasteiger partial charge in [0.2, 0.25) is 11.8 Å². The second-order valence-electron chi connectivity index (χ2n) is 10.2. The number of amides is 1. The summed E-state index contributed by atoms with van der Waals surface area (Å²) < 4.78 is 15.9. The van der Waals surface area contributed by atoms with Gasteiger partial charge in [-0.05, 0) is 45.5 Å². The van der Waals surface area contributed by atoms with Crippen molar-refractivity contribution in [2.45, 2.75) is 53.0 Å². The molecule has 1 amide bonds. The number of aromatic amines is 1. The van der Waals surface area contributed by atoms with Crippen molar-refractivity contribution in [3.05, 3.63) is 34.9 Å². The highest BCUT2D eigenvalue weighted by atomic mass is 16.5. The van der Waals surface area contributed by atoms with Crippen molar-refractivity contribution >= 4 is 29.1 Å². The number of aliphatic hydroxyl groups is 1. The molecule has 0 saturated heterocycles. The number of carbonyl (C=O) groups excluding carboxylic acids is 1. The molecule has 4 aromatic heterocycles. The number of ether oxygens (including phenoxy) is 2. The number of hydrogen-bond donors (Lipinski definition) is 3. The lowest BCUT2D eigenvalue weighted by Gasteiger charge is -2.26. The number of likely N-dealkylation sites (N-methyl/N-ethyl adjacent to an activating group) is 1. The zero-order valence-corrected chi connectivity index (χ0v) is 24.3. The van der Waals surface area contributed by atoms with Gasteiger partial charge in [-0.15, -0.1) is 5.10 Å². The summed E-state index contributed by atoms with van der Waals surface area (Å²) in [7, 11) is 3.34. The lowest BCUT2D eigenvalue weighted by atomic mass is 10.1. The Kier molecular flexibility index (Phi) is 8.08. The number of hydrogen-bond acceptors (Lipinski definition) is 9. The first-order valence-corrected chi connectivity index (χ1v) is 13.8.